The third-order valence-electron chi connectivity index (χ3n) is 3.37. The Kier molecular flexibility index (Phi) is 1.34. The Hall–Kier alpha value is -1.19. The summed E-state index contributed by atoms with van der Waals surface area (Å²) in [6, 6.07) is 0.727. The van der Waals surface area contributed by atoms with Crippen LogP contribution in [0.1, 0.15) is 19.3 Å². The molecule has 1 saturated heterocycles. The number of aromatic amines is 1. The zero-order valence-electron chi connectivity index (χ0n) is 7.53. The molecule has 1 aliphatic carbocycles. The van der Waals surface area contributed by atoms with Gasteiger partial charge in [0.15, 0.2) is 0 Å². The number of anilines is 2. The fraction of sp³-hybridized carbons (Fsp3) is 0.667. The van der Waals surface area contributed by atoms with Crippen LogP contribution < -0.4 is 10.6 Å². The molecule has 2 heterocycles. The molecule has 2 atom stereocenters. The maximum absolute atomic E-state index is 5.79. The number of rotatable bonds is 1. The lowest BCUT2D eigenvalue weighted by Crippen LogP contribution is -2.32. The van der Waals surface area contributed by atoms with Crippen LogP contribution in [0.3, 0.4) is 0 Å². The predicted molar refractivity (Wildman–Crippen MR) is 51.5 cm³/mol. The number of hydrogen-bond donors (Lipinski definition) is 2. The molecule has 2 unspecified atom stereocenters. The molecular formula is C9H14N4. The fourth-order valence-corrected chi connectivity index (χ4v) is 2.74. The van der Waals surface area contributed by atoms with Crippen LogP contribution in [0.25, 0.3) is 0 Å². The van der Waals surface area contributed by atoms with E-state index in [1.165, 1.54) is 25.8 Å². The summed E-state index contributed by atoms with van der Waals surface area (Å²) in [4.78, 5) is 2.41. The van der Waals surface area contributed by atoms with Gasteiger partial charge in [-0.15, -0.1) is 0 Å². The van der Waals surface area contributed by atoms with Gasteiger partial charge in [0.1, 0.15) is 5.82 Å². The van der Waals surface area contributed by atoms with Gasteiger partial charge >= 0.3 is 0 Å². The maximum Gasteiger partial charge on any atom is 0.142 e. The first-order valence-corrected chi connectivity index (χ1v) is 4.90. The number of nitrogens with zero attached hydrogens (tertiary/aromatic N) is 2. The van der Waals surface area contributed by atoms with Gasteiger partial charge in [0, 0.05) is 12.6 Å². The van der Waals surface area contributed by atoms with E-state index in [0.29, 0.717) is 5.82 Å². The number of hydrogen-bond acceptors (Lipinski definition) is 3. The number of nitrogen functional groups attached to an aromatic ring is 1. The average Bonchev–Trinajstić information content (AvgIpc) is 2.77. The molecule has 1 aromatic rings. The number of aromatic nitrogens is 2. The molecular weight excluding hydrogens is 164 g/mol. The minimum Gasteiger partial charge on any atom is -0.382 e. The molecule has 1 aliphatic heterocycles. The largest absolute Gasteiger partial charge is 0.382 e. The highest BCUT2D eigenvalue weighted by atomic mass is 15.3. The SMILES string of the molecule is Nc1[nH]ncc1N1CC2CCC1C2. The van der Waals surface area contributed by atoms with Crippen molar-refractivity contribution in [3.05, 3.63) is 6.20 Å². The van der Waals surface area contributed by atoms with Gasteiger partial charge in [0.2, 0.25) is 0 Å². The molecule has 4 nitrogen and oxygen atoms in total. The molecule has 70 valence electrons. The number of nitrogens with one attached hydrogen (secondary N) is 1. The Labute approximate surface area is 77.1 Å². The van der Waals surface area contributed by atoms with Crippen molar-refractivity contribution in [2.75, 3.05) is 17.2 Å². The van der Waals surface area contributed by atoms with Crippen molar-refractivity contribution in [3.63, 3.8) is 0 Å². The van der Waals surface area contributed by atoms with Crippen LogP contribution in [0.15, 0.2) is 6.20 Å². The zero-order valence-corrected chi connectivity index (χ0v) is 7.53. The predicted octanol–water partition coefficient (Wildman–Crippen LogP) is 0.981. The number of piperidine rings is 1. The Morgan fingerprint density at radius 2 is 2.46 bits per heavy atom. The van der Waals surface area contributed by atoms with Crippen molar-refractivity contribution in [1.29, 1.82) is 0 Å². The topological polar surface area (TPSA) is 57.9 Å². The Balaban J connectivity index is 1.91. The van der Waals surface area contributed by atoms with E-state index in [4.69, 9.17) is 5.73 Å². The maximum atomic E-state index is 5.79. The second-order valence-corrected chi connectivity index (χ2v) is 4.15. The summed E-state index contributed by atoms with van der Waals surface area (Å²) in [6.45, 7) is 1.18. The van der Waals surface area contributed by atoms with Crippen LogP contribution in [-0.4, -0.2) is 22.8 Å². The summed E-state index contributed by atoms with van der Waals surface area (Å²) >= 11 is 0. The Bertz CT molecular complexity index is 319. The highest BCUT2D eigenvalue weighted by molar-refractivity contribution is 5.63. The molecule has 4 heteroatoms. The Morgan fingerprint density at radius 1 is 1.54 bits per heavy atom. The van der Waals surface area contributed by atoms with Crippen molar-refractivity contribution in [2.24, 2.45) is 5.92 Å². The third-order valence-corrected chi connectivity index (χ3v) is 3.37. The van der Waals surface area contributed by atoms with Gasteiger partial charge in [0.25, 0.3) is 0 Å². The summed E-state index contributed by atoms with van der Waals surface area (Å²) < 4.78 is 0. The van der Waals surface area contributed by atoms with Crippen molar-refractivity contribution < 1.29 is 0 Å². The van der Waals surface area contributed by atoms with Gasteiger partial charge in [-0.1, -0.05) is 0 Å². The van der Waals surface area contributed by atoms with Gasteiger partial charge in [-0.2, -0.15) is 5.10 Å². The van der Waals surface area contributed by atoms with E-state index < -0.39 is 0 Å². The molecule has 2 aliphatic rings. The molecule has 0 amide bonds. The summed E-state index contributed by atoms with van der Waals surface area (Å²) in [5, 5.41) is 6.75. The lowest BCUT2D eigenvalue weighted by Gasteiger charge is -2.27. The van der Waals surface area contributed by atoms with Gasteiger partial charge in [0.05, 0.1) is 11.9 Å². The molecule has 2 fully saturated rings. The van der Waals surface area contributed by atoms with E-state index >= 15 is 0 Å². The Morgan fingerprint density at radius 3 is 3.00 bits per heavy atom. The fourth-order valence-electron chi connectivity index (χ4n) is 2.74. The second-order valence-electron chi connectivity index (χ2n) is 4.15. The van der Waals surface area contributed by atoms with Gasteiger partial charge in [-0.05, 0) is 25.2 Å². The molecule has 3 rings (SSSR count). The average molecular weight is 178 g/mol. The molecule has 0 radical (unpaired) electrons. The summed E-state index contributed by atoms with van der Waals surface area (Å²) in [6.07, 6.45) is 5.93. The quantitative estimate of drug-likeness (QED) is 0.674. The highest BCUT2D eigenvalue weighted by Crippen LogP contribution is 2.41. The first kappa shape index (κ1) is 7.24. The molecule has 1 saturated carbocycles. The number of H-pyrrole nitrogens is 1. The summed E-state index contributed by atoms with van der Waals surface area (Å²) in [5.41, 5.74) is 6.90. The van der Waals surface area contributed by atoms with Crippen LogP contribution >= 0.6 is 0 Å². The minimum atomic E-state index is 0.715. The van der Waals surface area contributed by atoms with E-state index in [0.717, 1.165) is 17.6 Å². The molecule has 2 bridgehead atoms. The molecule has 13 heavy (non-hydrogen) atoms. The van der Waals surface area contributed by atoms with Crippen molar-refractivity contribution in [3.8, 4) is 0 Å². The van der Waals surface area contributed by atoms with Gasteiger partial charge in [-0.3, -0.25) is 5.10 Å². The normalized spacial score (nSPS) is 31.5. The summed E-state index contributed by atoms with van der Waals surface area (Å²) in [7, 11) is 0. The highest BCUT2D eigenvalue weighted by Gasteiger charge is 2.38. The van der Waals surface area contributed by atoms with Crippen LogP contribution in [0, 0.1) is 5.92 Å². The van der Waals surface area contributed by atoms with Crippen molar-refractivity contribution in [2.45, 2.75) is 25.3 Å². The molecule has 3 N–H and O–H groups in total. The van der Waals surface area contributed by atoms with E-state index in [2.05, 4.69) is 15.1 Å². The van der Waals surface area contributed by atoms with Gasteiger partial charge in [-0.25, -0.2) is 0 Å². The first-order valence-electron chi connectivity index (χ1n) is 4.90. The minimum absolute atomic E-state index is 0.715. The van der Waals surface area contributed by atoms with E-state index in [1.807, 2.05) is 6.20 Å². The lowest BCUT2D eigenvalue weighted by atomic mass is 10.1. The monoisotopic (exact) mass is 178 g/mol. The second kappa shape index (κ2) is 2.40. The van der Waals surface area contributed by atoms with E-state index in [-0.39, 0.29) is 0 Å². The van der Waals surface area contributed by atoms with Crippen molar-refractivity contribution >= 4 is 11.5 Å². The van der Waals surface area contributed by atoms with Crippen molar-refractivity contribution in [1.82, 2.24) is 10.2 Å². The first-order chi connectivity index (χ1) is 6.34. The smallest absolute Gasteiger partial charge is 0.142 e. The number of nitrogens with two attached hydrogens (primary N) is 1. The third kappa shape index (κ3) is 0.944. The lowest BCUT2D eigenvalue weighted by molar-refractivity contribution is 0.554. The van der Waals surface area contributed by atoms with Crippen LogP contribution in [-0.2, 0) is 0 Å². The number of fused-ring (bicyclic) bond motifs is 2. The molecule has 0 spiro atoms. The standard InChI is InChI=1S/C9H14N4/c10-9-8(4-11-12-9)13-5-6-1-2-7(13)3-6/h4,6-7H,1-3,5H2,(H3,10,11,12). The van der Waals surface area contributed by atoms with Gasteiger partial charge < -0.3 is 10.6 Å². The molecule has 1 aromatic heterocycles. The molecule has 0 aromatic carbocycles. The van der Waals surface area contributed by atoms with Crippen LogP contribution in [0.4, 0.5) is 11.5 Å². The van der Waals surface area contributed by atoms with E-state index in [9.17, 15) is 0 Å². The summed E-state index contributed by atoms with van der Waals surface area (Å²) in [5.74, 6) is 1.62. The van der Waals surface area contributed by atoms with E-state index in [1.54, 1.807) is 0 Å². The van der Waals surface area contributed by atoms with Crippen LogP contribution in [0.2, 0.25) is 0 Å². The zero-order chi connectivity index (χ0) is 8.84. The van der Waals surface area contributed by atoms with Crippen LogP contribution in [0.5, 0.6) is 0 Å².